The molecule has 0 saturated carbocycles. The number of nitrogens with zero attached hydrogens (tertiary/aromatic N) is 3. The molecular weight excluding hydrogens is 264 g/mol. The van der Waals surface area contributed by atoms with Crippen LogP contribution in [0.1, 0.15) is 26.6 Å². The van der Waals surface area contributed by atoms with Gasteiger partial charge in [-0.15, -0.1) is 11.3 Å². The van der Waals surface area contributed by atoms with Crippen LogP contribution in [0.5, 0.6) is 5.88 Å². The second kappa shape index (κ2) is 5.40. The molecule has 7 heteroatoms. The maximum atomic E-state index is 12.0. The summed E-state index contributed by atoms with van der Waals surface area (Å²) in [7, 11) is 3.40. The van der Waals surface area contributed by atoms with Crippen molar-refractivity contribution in [1.82, 2.24) is 20.1 Å². The number of rotatable bonds is 4. The minimum absolute atomic E-state index is 0.120. The van der Waals surface area contributed by atoms with Crippen LogP contribution in [0.2, 0.25) is 0 Å². The number of hydrogen-bond acceptors (Lipinski definition) is 5. The molecule has 19 heavy (non-hydrogen) atoms. The second-order valence-corrected chi connectivity index (χ2v) is 5.00. The van der Waals surface area contributed by atoms with Crippen molar-refractivity contribution in [2.75, 3.05) is 7.11 Å². The molecule has 0 radical (unpaired) electrons. The third-order valence-corrected chi connectivity index (χ3v) is 3.79. The van der Waals surface area contributed by atoms with Gasteiger partial charge in [0.05, 0.1) is 36.1 Å². The standard InChI is InChI=1S/C12H16N4O2S/c1-7-9(12(18-4)16(3)15-7)5-13-11(17)10-8(2)14-6-19-10/h6H,5H2,1-4H3,(H,13,17). The van der Waals surface area contributed by atoms with Crippen LogP contribution in [0.25, 0.3) is 0 Å². The number of aromatic nitrogens is 3. The minimum Gasteiger partial charge on any atom is -0.481 e. The molecule has 0 saturated heterocycles. The largest absolute Gasteiger partial charge is 0.481 e. The molecule has 6 nitrogen and oxygen atoms in total. The highest BCUT2D eigenvalue weighted by atomic mass is 32.1. The van der Waals surface area contributed by atoms with Gasteiger partial charge in [-0.1, -0.05) is 0 Å². The molecule has 0 aliphatic heterocycles. The van der Waals surface area contributed by atoms with Crippen LogP contribution in [-0.4, -0.2) is 27.8 Å². The highest BCUT2D eigenvalue weighted by Gasteiger charge is 2.16. The van der Waals surface area contributed by atoms with E-state index in [-0.39, 0.29) is 5.91 Å². The van der Waals surface area contributed by atoms with Crippen LogP contribution < -0.4 is 10.1 Å². The Hall–Kier alpha value is -1.89. The maximum absolute atomic E-state index is 12.0. The Bertz CT molecular complexity index is 603. The van der Waals surface area contributed by atoms with Gasteiger partial charge in [-0.05, 0) is 13.8 Å². The molecule has 2 heterocycles. The van der Waals surface area contributed by atoms with Gasteiger partial charge < -0.3 is 10.1 Å². The zero-order valence-electron chi connectivity index (χ0n) is 11.4. The van der Waals surface area contributed by atoms with Crippen molar-refractivity contribution in [3.63, 3.8) is 0 Å². The van der Waals surface area contributed by atoms with E-state index in [4.69, 9.17) is 4.74 Å². The smallest absolute Gasteiger partial charge is 0.263 e. The number of carbonyl (C=O) groups is 1. The van der Waals surface area contributed by atoms with Crippen molar-refractivity contribution < 1.29 is 9.53 Å². The Labute approximate surface area is 115 Å². The Morgan fingerprint density at radius 3 is 2.79 bits per heavy atom. The lowest BCUT2D eigenvalue weighted by Crippen LogP contribution is -2.23. The van der Waals surface area contributed by atoms with Gasteiger partial charge in [0.2, 0.25) is 5.88 Å². The Balaban J connectivity index is 2.11. The molecule has 1 amide bonds. The summed E-state index contributed by atoms with van der Waals surface area (Å²) in [6.07, 6.45) is 0. The van der Waals surface area contributed by atoms with E-state index < -0.39 is 0 Å². The third kappa shape index (κ3) is 2.60. The lowest BCUT2D eigenvalue weighted by molar-refractivity contribution is 0.0954. The molecule has 0 atom stereocenters. The number of hydrogen-bond donors (Lipinski definition) is 1. The van der Waals surface area contributed by atoms with Crippen molar-refractivity contribution in [1.29, 1.82) is 0 Å². The maximum Gasteiger partial charge on any atom is 0.263 e. The molecule has 2 aromatic heterocycles. The van der Waals surface area contributed by atoms with Gasteiger partial charge in [-0.25, -0.2) is 9.67 Å². The van der Waals surface area contributed by atoms with Gasteiger partial charge in [0.1, 0.15) is 4.88 Å². The molecular formula is C12H16N4O2S. The van der Waals surface area contributed by atoms with E-state index in [1.165, 1.54) is 11.3 Å². The van der Waals surface area contributed by atoms with Crippen LogP contribution >= 0.6 is 11.3 Å². The van der Waals surface area contributed by atoms with Crippen LogP contribution in [0.4, 0.5) is 0 Å². The predicted molar refractivity (Wildman–Crippen MR) is 72.5 cm³/mol. The van der Waals surface area contributed by atoms with E-state index >= 15 is 0 Å². The molecule has 0 spiro atoms. The van der Waals surface area contributed by atoms with Gasteiger partial charge >= 0.3 is 0 Å². The number of methoxy groups -OCH3 is 1. The molecule has 0 aliphatic rings. The third-order valence-electron chi connectivity index (χ3n) is 2.86. The van der Waals surface area contributed by atoms with Gasteiger partial charge in [0.15, 0.2) is 0 Å². The molecule has 102 valence electrons. The van der Waals surface area contributed by atoms with Gasteiger partial charge in [0.25, 0.3) is 5.91 Å². The highest BCUT2D eigenvalue weighted by Crippen LogP contribution is 2.21. The second-order valence-electron chi connectivity index (χ2n) is 4.15. The van der Waals surface area contributed by atoms with Crippen molar-refractivity contribution in [2.45, 2.75) is 20.4 Å². The number of ether oxygens (including phenoxy) is 1. The van der Waals surface area contributed by atoms with E-state index in [0.717, 1.165) is 17.0 Å². The number of nitrogens with one attached hydrogen (secondary N) is 1. The van der Waals surface area contributed by atoms with Gasteiger partial charge in [-0.2, -0.15) is 5.10 Å². The first-order chi connectivity index (χ1) is 9.04. The summed E-state index contributed by atoms with van der Waals surface area (Å²) in [5.74, 6) is 0.545. The monoisotopic (exact) mass is 280 g/mol. The van der Waals surface area contributed by atoms with Crippen LogP contribution in [-0.2, 0) is 13.6 Å². The van der Waals surface area contributed by atoms with E-state index in [1.54, 1.807) is 17.3 Å². The van der Waals surface area contributed by atoms with E-state index in [0.29, 0.717) is 17.3 Å². The normalized spacial score (nSPS) is 10.5. The van der Waals surface area contributed by atoms with Crippen LogP contribution in [0.15, 0.2) is 5.51 Å². The fraction of sp³-hybridized carbons (Fsp3) is 0.417. The number of carbonyl (C=O) groups excluding carboxylic acids is 1. The molecule has 0 aliphatic carbocycles. The first-order valence-electron chi connectivity index (χ1n) is 5.79. The molecule has 0 aromatic carbocycles. The van der Waals surface area contributed by atoms with Crippen molar-refractivity contribution >= 4 is 17.2 Å². The zero-order chi connectivity index (χ0) is 14.0. The topological polar surface area (TPSA) is 69.0 Å². The zero-order valence-corrected chi connectivity index (χ0v) is 12.2. The van der Waals surface area contributed by atoms with Crippen molar-refractivity contribution in [3.05, 3.63) is 27.3 Å². The molecule has 1 N–H and O–H groups in total. The number of aryl methyl sites for hydroxylation is 3. The molecule has 0 fully saturated rings. The van der Waals surface area contributed by atoms with Crippen molar-refractivity contribution in [3.8, 4) is 5.88 Å². The average Bonchev–Trinajstić information content (AvgIpc) is 2.90. The summed E-state index contributed by atoms with van der Waals surface area (Å²) in [5.41, 5.74) is 4.15. The molecule has 2 rings (SSSR count). The summed E-state index contributed by atoms with van der Waals surface area (Å²) in [6.45, 7) is 4.10. The summed E-state index contributed by atoms with van der Waals surface area (Å²) in [4.78, 5) is 16.7. The Morgan fingerprint density at radius 2 is 2.21 bits per heavy atom. The van der Waals surface area contributed by atoms with E-state index in [1.807, 2.05) is 20.9 Å². The first-order valence-corrected chi connectivity index (χ1v) is 6.67. The first kappa shape index (κ1) is 13.5. The number of thiazole rings is 1. The summed E-state index contributed by atoms with van der Waals surface area (Å²) < 4.78 is 6.94. The van der Waals surface area contributed by atoms with Gasteiger partial charge in [0, 0.05) is 7.05 Å². The Morgan fingerprint density at radius 1 is 1.47 bits per heavy atom. The lowest BCUT2D eigenvalue weighted by atomic mass is 10.2. The number of amides is 1. The summed E-state index contributed by atoms with van der Waals surface area (Å²) in [6, 6.07) is 0. The minimum atomic E-state index is -0.120. The molecule has 2 aromatic rings. The quantitative estimate of drug-likeness (QED) is 0.920. The average molecular weight is 280 g/mol. The summed E-state index contributed by atoms with van der Waals surface area (Å²) >= 11 is 1.34. The van der Waals surface area contributed by atoms with Crippen LogP contribution in [0.3, 0.4) is 0 Å². The fourth-order valence-corrected chi connectivity index (χ4v) is 2.63. The SMILES string of the molecule is COc1c(CNC(=O)c2scnc2C)c(C)nn1C. The van der Waals surface area contributed by atoms with Crippen LogP contribution in [0, 0.1) is 13.8 Å². The highest BCUT2D eigenvalue weighted by molar-refractivity contribution is 7.11. The summed E-state index contributed by atoms with van der Waals surface area (Å²) in [5, 5.41) is 7.14. The molecule has 0 unspecified atom stereocenters. The predicted octanol–water partition coefficient (Wildman–Crippen LogP) is 1.43. The fourth-order valence-electron chi connectivity index (χ4n) is 1.91. The van der Waals surface area contributed by atoms with Gasteiger partial charge in [-0.3, -0.25) is 4.79 Å². The van der Waals surface area contributed by atoms with Crippen molar-refractivity contribution in [2.24, 2.45) is 7.05 Å². The van der Waals surface area contributed by atoms with E-state index in [9.17, 15) is 4.79 Å². The van der Waals surface area contributed by atoms with E-state index in [2.05, 4.69) is 15.4 Å². The lowest BCUT2D eigenvalue weighted by Gasteiger charge is -2.06. The Kier molecular flexibility index (Phi) is 3.84. The molecule has 0 bridgehead atoms.